The third-order valence-corrected chi connectivity index (χ3v) is 2.24. The molecule has 90 valence electrons. The number of ether oxygens (including phenoxy) is 2. The smallest absolute Gasteiger partial charge is 0.354 e. The summed E-state index contributed by atoms with van der Waals surface area (Å²) in [5, 5.41) is 0. The van der Waals surface area contributed by atoms with Gasteiger partial charge in [0.25, 0.3) is 0 Å². The maximum absolute atomic E-state index is 11.5. The van der Waals surface area contributed by atoms with Crippen LogP contribution in [0.25, 0.3) is 11.0 Å². The van der Waals surface area contributed by atoms with Crippen LogP contribution in [0.1, 0.15) is 24.3 Å². The van der Waals surface area contributed by atoms with Gasteiger partial charge in [-0.25, -0.2) is 9.78 Å². The maximum atomic E-state index is 11.5. The number of hydrogen-bond acceptors (Lipinski definition) is 4. The van der Waals surface area contributed by atoms with Crippen molar-refractivity contribution in [3.8, 4) is 5.88 Å². The summed E-state index contributed by atoms with van der Waals surface area (Å²) in [5.74, 6) is 0.179. The monoisotopic (exact) mass is 234 g/mol. The standard InChI is InChI=1S/C12H14N2O3/c1-3-16-11-6-5-8-9(14-11)7-10(13-8)12(15)17-4-2/h5-7,13H,3-4H2,1-2H3. The Morgan fingerprint density at radius 1 is 1.35 bits per heavy atom. The van der Waals surface area contributed by atoms with Crippen LogP contribution in [0, 0.1) is 0 Å². The molecule has 0 aromatic carbocycles. The third kappa shape index (κ3) is 2.38. The summed E-state index contributed by atoms with van der Waals surface area (Å²) in [6.07, 6.45) is 0. The van der Waals surface area contributed by atoms with E-state index in [1.165, 1.54) is 0 Å². The van der Waals surface area contributed by atoms with Gasteiger partial charge in [0.05, 0.1) is 24.2 Å². The van der Waals surface area contributed by atoms with Crippen molar-refractivity contribution in [1.82, 2.24) is 9.97 Å². The van der Waals surface area contributed by atoms with Crippen LogP contribution in [-0.2, 0) is 4.74 Å². The zero-order valence-electron chi connectivity index (χ0n) is 9.82. The lowest BCUT2D eigenvalue weighted by Crippen LogP contribution is -2.04. The minimum atomic E-state index is -0.372. The summed E-state index contributed by atoms with van der Waals surface area (Å²) in [7, 11) is 0. The number of fused-ring (bicyclic) bond motifs is 1. The van der Waals surface area contributed by atoms with Gasteiger partial charge in [0.2, 0.25) is 5.88 Å². The molecule has 0 spiro atoms. The molecule has 0 amide bonds. The average molecular weight is 234 g/mol. The fourth-order valence-electron chi connectivity index (χ4n) is 1.54. The molecular formula is C12H14N2O3. The first-order valence-corrected chi connectivity index (χ1v) is 5.54. The van der Waals surface area contributed by atoms with E-state index >= 15 is 0 Å². The van der Waals surface area contributed by atoms with Crippen molar-refractivity contribution in [1.29, 1.82) is 0 Å². The van der Waals surface area contributed by atoms with E-state index in [1.54, 1.807) is 19.1 Å². The summed E-state index contributed by atoms with van der Waals surface area (Å²) in [4.78, 5) is 18.7. The molecule has 0 atom stereocenters. The largest absolute Gasteiger partial charge is 0.478 e. The summed E-state index contributed by atoms with van der Waals surface area (Å²) in [6, 6.07) is 5.25. The van der Waals surface area contributed by atoms with Gasteiger partial charge < -0.3 is 14.5 Å². The van der Waals surface area contributed by atoms with E-state index in [2.05, 4.69) is 9.97 Å². The van der Waals surface area contributed by atoms with Crippen LogP contribution < -0.4 is 4.74 Å². The Labute approximate surface area is 98.8 Å². The van der Waals surface area contributed by atoms with Crippen LogP contribution in [0.3, 0.4) is 0 Å². The molecule has 2 aromatic rings. The molecule has 0 radical (unpaired) electrons. The Hall–Kier alpha value is -2.04. The normalized spacial score (nSPS) is 10.5. The molecule has 5 nitrogen and oxygen atoms in total. The van der Waals surface area contributed by atoms with Crippen LogP contribution in [0.15, 0.2) is 18.2 Å². The van der Waals surface area contributed by atoms with Gasteiger partial charge in [-0.15, -0.1) is 0 Å². The number of hydrogen-bond donors (Lipinski definition) is 1. The quantitative estimate of drug-likeness (QED) is 0.823. The van der Waals surface area contributed by atoms with Crippen LogP contribution in [0.4, 0.5) is 0 Å². The number of nitrogens with zero attached hydrogens (tertiary/aromatic N) is 1. The molecular weight excluding hydrogens is 220 g/mol. The van der Waals surface area contributed by atoms with Gasteiger partial charge >= 0.3 is 5.97 Å². The molecule has 1 N–H and O–H groups in total. The highest BCUT2D eigenvalue weighted by Crippen LogP contribution is 2.17. The lowest BCUT2D eigenvalue weighted by atomic mass is 10.3. The maximum Gasteiger partial charge on any atom is 0.354 e. The van der Waals surface area contributed by atoms with E-state index in [0.717, 1.165) is 5.52 Å². The van der Waals surface area contributed by atoms with Gasteiger partial charge in [0, 0.05) is 6.07 Å². The number of H-pyrrole nitrogens is 1. The van der Waals surface area contributed by atoms with Crippen molar-refractivity contribution >= 4 is 17.0 Å². The zero-order valence-corrected chi connectivity index (χ0v) is 9.82. The number of pyridine rings is 1. The van der Waals surface area contributed by atoms with Crippen molar-refractivity contribution in [3.63, 3.8) is 0 Å². The van der Waals surface area contributed by atoms with E-state index in [9.17, 15) is 4.79 Å². The predicted octanol–water partition coefficient (Wildman–Crippen LogP) is 2.14. The number of nitrogens with one attached hydrogen (secondary N) is 1. The van der Waals surface area contributed by atoms with Crippen LogP contribution in [-0.4, -0.2) is 29.2 Å². The number of carbonyl (C=O) groups excluding carboxylic acids is 1. The van der Waals surface area contributed by atoms with Crippen LogP contribution in [0.2, 0.25) is 0 Å². The van der Waals surface area contributed by atoms with E-state index < -0.39 is 0 Å². The first-order valence-electron chi connectivity index (χ1n) is 5.54. The van der Waals surface area contributed by atoms with Gasteiger partial charge in [0.1, 0.15) is 5.69 Å². The van der Waals surface area contributed by atoms with Gasteiger partial charge in [-0.3, -0.25) is 0 Å². The van der Waals surface area contributed by atoms with E-state index in [1.807, 2.05) is 13.0 Å². The number of aromatic amines is 1. The minimum absolute atomic E-state index is 0.353. The molecule has 17 heavy (non-hydrogen) atoms. The first kappa shape index (κ1) is 11.4. The fourth-order valence-corrected chi connectivity index (χ4v) is 1.54. The van der Waals surface area contributed by atoms with Gasteiger partial charge in [0.15, 0.2) is 0 Å². The molecule has 0 saturated heterocycles. The second-order valence-corrected chi connectivity index (χ2v) is 3.42. The molecule has 0 unspecified atom stereocenters. The summed E-state index contributed by atoms with van der Waals surface area (Å²) < 4.78 is 10.2. The Balaban J connectivity index is 2.33. The second kappa shape index (κ2) is 4.86. The Bertz CT molecular complexity index is 534. The van der Waals surface area contributed by atoms with Crippen LogP contribution >= 0.6 is 0 Å². The SMILES string of the molecule is CCOC(=O)c1cc2nc(OCC)ccc2[nH]1. The number of aromatic nitrogens is 2. The van der Waals surface area contributed by atoms with Crippen molar-refractivity contribution in [3.05, 3.63) is 23.9 Å². The topological polar surface area (TPSA) is 64.2 Å². The summed E-state index contributed by atoms with van der Waals surface area (Å²) >= 11 is 0. The molecule has 0 fully saturated rings. The summed E-state index contributed by atoms with van der Waals surface area (Å²) in [6.45, 7) is 4.58. The van der Waals surface area contributed by atoms with E-state index in [-0.39, 0.29) is 5.97 Å². The van der Waals surface area contributed by atoms with Gasteiger partial charge in [-0.05, 0) is 26.0 Å². The molecule has 0 bridgehead atoms. The van der Waals surface area contributed by atoms with E-state index in [4.69, 9.17) is 9.47 Å². The lowest BCUT2D eigenvalue weighted by molar-refractivity contribution is 0.0520. The second-order valence-electron chi connectivity index (χ2n) is 3.42. The Kier molecular flexibility index (Phi) is 3.27. The first-order chi connectivity index (χ1) is 8.24. The Morgan fingerprint density at radius 3 is 2.88 bits per heavy atom. The lowest BCUT2D eigenvalue weighted by Gasteiger charge is -1.99. The van der Waals surface area contributed by atoms with Crippen molar-refractivity contribution in [2.45, 2.75) is 13.8 Å². The molecule has 0 aliphatic carbocycles. The van der Waals surface area contributed by atoms with Crippen molar-refractivity contribution < 1.29 is 14.3 Å². The van der Waals surface area contributed by atoms with Crippen molar-refractivity contribution in [2.75, 3.05) is 13.2 Å². The number of rotatable bonds is 4. The number of esters is 1. The average Bonchev–Trinajstić information content (AvgIpc) is 2.73. The Morgan fingerprint density at radius 2 is 2.18 bits per heavy atom. The number of carbonyl (C=O) groups is 1. The molecule has 5 heteroatoms. The summed E-state index contributed by atoms with van der Waals surface area (Å²) in [5.41, 5.74) is 1.89. The fraction of sp³-hybridized carbons (Fsp3) is 0.333. The van der Waals surface area contributed by atoms with Gasteiger partial charge in [-0.1, -0.05) is 0 Å². The highest BCUT2D eigenvalue weighted by molar-refractivity contribution is 5.93. The molecule has 2 rings (SSSR count). The van der Waals surface area contributed by atoms with Gasteiger partial charge in [-0.2, -0.15) is 0 Å². The minimum Gasteiger partial charge on any atom is -0.478 e. The van der Waals surface area contributed by atoms with Crippen molar-refractivity contribution in [2.24, 2.45) is 0 Å². The van der Waals surface area contributed by atoms with E-state index in [0.29, 0.717) is 30.3 Å². The third-order valence-electron chi connectivity index (χ3n) is 2.24. The predicted molar refractivity (Wildman–Crippen MR) is 63.2 cm³/mol. The molecule has 0 aliphatic heterocycles. The highest BCUT2D eigenvalue weighted by Gasteiger charge is 2.11. The highest BCUT2D eigenvalue weighted by atomic mass is 16.5. The molecule has 0 aliphatic rings. The molecule has 2 aromatic heterocycles. The zero-order chi connectivity index (χ0) is 12.3. The van der Waals surface area contributed by atoms with Crippen LogP contribution in [0.5, 0.6) is 5.88 Å². The molecule has 2 heterocycles. The molecule has 0 saturated carbocycles.